The number of hydrogen-bond donors (Lipinski definition) is 0. The molecule has 1 saturated heterocycles. The first-order valence-electron chi connectivity index (χ1n) is 5.88. The van der Waals surface area contributed by atoms with Gasteiger partial charge in [-0.3, -0.25) is 0 Å². The van der Waals surface area contributed by atoms with Crippen LogP contribution in [-0.4, -0.2) is 30.3 Å². The maximum atomic E-state index is 9.21. The molecule has 4 heteroatoms. The lowest BCUT2D eigenvalue weighted by Crippen LogP contribution is -2.46. The molecule has 0 amide bonds. The molecular weight excluding hydrogens is 214 g/mol. The van der Waals surface area contributed by atoms with E-state index in [0.29, 0.717) is 5.56 Å². The van der Waals surface area contributed by atoms with Crippen molar-refractivity contribution in [1.29, 1.82) is 5.26 Å². The van der Waals surface area contributed by atoms with Crippen LogP contribution in [0.3, 0.4) is 0 Å². The number of nitriles is 1. The molecule has 0 aromatic carbocycles. The van der Waals surface area contributed by atoms with Crippen molar-refractivity contribution in [3.63, 3.8) is 0 Å². The molecule has 2 atom stereocenters. The third-order valence-electron chi connectivity index (χ3n) is 2.97. The molecule has 2 rings (SSSR count). The number of nitrogens with zero attached hydrogens (tertiary/aromatic N) is 3. The number of morpholine rings is 1. The number of aromatic nitrogens is 1. The van der Waals surface area contributed by atoms with E-state index >= 15 is 0 Å². The molecule has 1 aliphatic rings. The molecule has 1 aromatic rings. The summed E-state index contributed by atoms with van der Waals surface area (Å²) in [6, 6.07) is 4.12. The van der Waals surface area contributed by atoms with Gasteiger partial charge in [0, 0.05) is 19.3 Å². The van der Waals surface area contributed by atoms with Crippen LogP contribution in [0.1, 0.15) is 25.0 Å². The van der Waals surface area contributed by atoms with Crippen LogP contribution in [0.25, 0.3) is 0 Å². The van der Waals surface area contributed by atoms with Gasteiger partial charge in [-0.1, -0.05) is 0 Å². The van der Waals surface area contributed by atoms with E-state index in [2.05, 4.69) is 16.0 Å². The average molecular weight is 231 g/mol. The fourth-order valence-corrected chi connectivity index (χ4v) is 2.27. The smallest absolute Gasteiger partial charge is 0.146 e. The number of pyridine rings is 1. The molecule has 0 radical (unpaired) electrons. The molecule has 0 spiro atoms. The van der Waals surface area contributed by atoms with Crippen LogP contribution in [0.4, 0.5) is 5.82 Å². The third kappa shape index (κ3) is 2.40. The zero-order chi connectivity index (χ0) is 12.4. The van der Waals surface area contributed by atoms with Crippen LogP contribution in [0.15, 0.2) is 12.3 Å². The van der Waals surface area contributed by atoms with Gasteiger partial charge in [0.1, 0.15) is 11.9 Å². The number of hydrogen-bond acceptors (Lipinski definition) is 4. The van der Waals surface area contributed by atoms with Gasteiger partial charge in [-0.25, -0.2) is 4.98 Å². The molecule has 0 aliphatic carbocycles. The predicted molar refractivity (Wildman–Crippen MR) is 65.9 cm³/mol. The minimum atomic E-state index is 0.174. The summed E-state index contributed by atoms with van der Waals surface area (Å²) in [5.74, 6) is 0.787. The van der Waals surface area contributed by atoms with Gasteiger partial charge in [0.15, 0.2) is 0 Å². The van der Waals surface area contributed by atoms with E-state index in [-0.39, 0.29) is 12.2 Å². The van der Waals surface area contributed by atoms with Crippen molar-refractivity contribution in [2.24, 2.45) is 0 Å². The quantitative estimate of drug-likeness (QED) is 0.740. The average Bonchev–Trinajstić information content (AvgIpc) is 2.27. The van der Waals surface area contributed by atoms with E-state index in [1.807, 2.05) is 26.8 Å². The fourth-order valence-electron chi connectivity index (χ4n) is 2.27. The summed E-state index contributed by atoms with van der Waals surface area (Å²) in [7, 11) is 0. The van der Waals surface area contributed by atoms with Crippen molar-refractivity contribution in [3.8, 4) is 6.07 Å². The molecular formula is C13H17N3O. The van der Waals surface area contributed by atoms with Crippen molar-refractivity contribution in [2.75, 3.05) is 18.0 Å². The first kappa shape index (κ1) is 11.9. The second-order valence-corrected chi connectivity index (χ2v) is 4.60. The highest BCUT2D eigenvalue weighted by Crippen LogP contribution is 2.23. The van der Waals surface area contributed by atoms with Crippen molar-refractivity contribution in [2.45, 2.75) is 33.0 Å². The van der Waals surface area contributed by atoms with Crippen molar-refractivity contribution in [3.05, 3.63) is 23.4 Å². The standard InChI is InChI=1S/C13H17N3O/c1-9-4-5-15-13(12(9)6-14)16-7-10(2)17-11(3)8-16/h4-5,10-11H,7-8H2,1-3H3/t10-,11+. The van der Waals surface area contributed by atoms with E-state index in [4.69, 9.17) is 4.74 Å². The van der Waals surface area contributed by atoms with Crippen LogP contribution in [0, 0.1) is 18.3 Å². The van der Waals surface area contributed by atoms with Crippen molar-refractivity contribution >= 4 is 5.82 Å². The SMILES string of the molecule is Cc1ccnc(N2C[C@@H](C)O[C@@H](C)C2)c1C#N. The largest absolute Gasteiger partial charge is 0.372 e. The molecule has 1 aliphatic heterocycles. The lowest BCUT2D eigenvalue weighted by atomic mass is 10.1. The number of aryl methyl sites for hydroxylation is 1. The maximum Gasteiger partial charge on any atom is 0.146 e. The monoisotopic (exact) mass is 231 g/mol. The summed E-state index contributed by atoms with van der Waals surface area (Å²) < 4.78 is 5.69. The minimum absolute atomic E-state index is 0.174. The number of rotatable bonds is 1. The van der Waals surface area contributed by atoms with Gasteiger partial charge < -0.3 is 9.64 Å². The van der Waals surface area contributed by atoms with Gasteiger partial charge >= 0.3 is 0 Å². The maximum absolute atomic E-state index is 9.21. The number of ether oxygens (including phenoxy) is 1. The van der Waals surface area contributed by atoms with E-state index in [1.165, 1.54) is 0 Å². The molecule has 90 valence electrons. The highest BCUT2D eigenvalue weighted by Gasteiger charge is 2.25. The van der Waals surface area contributed by atoms with Gasteiger partial charge in [0.2, 0.25) is 0 Å². The Bertz CT molecular complexity index is 442. The minimum Gasteiger partial charge on any atom is -0.372 e. The Hall–Kier alpha value is -1.60. The Labute approximate surface area is 102 Å². The molecule has 2 heterocycles. The third-order valence-corrected chi connectivity index (χ3v) is 2.97. The van der Waals surface area contributed by atoms with Crippen molar-refractivity contribution < 1.29 is 4.74 Å². The number of anilines is 1. The van der Waals surface area contributed by atoms with Crippen LogP contribution >= 0.6 is 0 Å². The zero-order valence-corrected chi connectivity index (χ0v) is 10.5. The summed E-state index contributed by atoms with van der Waals surface area (Å²) in [5.41, 5.74) is 1.65. The van der Waals surface area contributed by atoms with Crippen LogP contribution < -0.4 is 4.90 Å². The topological polar surface area (TPSA) is 49.2 Å². The van der Waals surface area contributed by atoms with Gasteiger partial charge in [0.25, 0.3) is 0 Å². The first-order chi connectivity index (χ1) is 8.11. The summed E-state index contributed by atoms with van der Waals surface area (Å²) in [4.78, 5) is 6.49. The second kappa shape index (κ2) is 4.72. The Morgan fingerprint density at radius 1 is 1.41 bits per heavy atom. The normalized spacial score (nSPS) is 24.5. The molecule has 17 heavy (non-hydrogen) atoms. The molecule has 4 nitrogen and oxygen atoms in total. The van der Waals surface area contributed by atoms with Gasteiger partial charge in [-0.15, -0.1) is 0 Å². The summed E-state index contributed by atoms with van der Waals surface area (Å²) in [6.45, 7) is 7.61. The van der Waals surface area contributed by atoms with Crippen molar-refractivity contribution in [1.82, 2.24) is 4.98 Å². The lowest BCUT2D eigenvalue weighted by molar-refractivity contribution is -0.00547. The van der Waals surface area contributed by atoms with E-state index < -0.39 is 0 Å². The summed E-state index contributed by atoms with van der Waals surface area (Å²) in [5, 5.41) is 9.21. The Balaban J connectivity index is 2.34. The molecule has 0 bridgehead atoms. The molecule has 0 unspecified atom stereocenters. The predicted octanol–water partition coefficient (Wildman–Crippen LogP) is 1.88. The molecule has 0 saturated carbocycles. The molecule has 1 fully saturated rings. The highest BCUT2D eigenvalue weighted by atomic mass is 16.5. The van der Waals surface area contributed by atoms with E-state index in [9.17, 15) is 5.26 Å². The van der Waals surface area contributed by atoms with Gasteiger partial charge in [-0.2, -0.15) is 5.26 Å². The lowest BCUT2D eigenvalue weighted by Gasteiger charge is -2.36. The van der Waals surface area contributed by atoms with Gasteiger partial charge in [-0.05, 0) is 32.4 Å². The van der Waals surface area contributed by atoms with Crippen LogP contribution in [0.5, 0.6) is 0 Å². The second-order valence-electron chi connectivity index (χ2n) is 4.60. The van der Waals surface area contributed by atoms with E-state index in [0.717, 1.165) is 24.5 Å². The molecule has 0 N–H and O–H groups in total. The fraction of sp³-hybridized carbons (Fsp3) is 0.538. The first-order valence-corrected chi connectivity index (χ1v) is 5.88. The summed E-state index contributed by atoms with van der Waals surface area (Å²) >= 11 is 0. The highest BCUT2D eigenvalue weighted by molar-refractivity contribution is 5.57. The van der Waals surface area contributed by atoms with Crippen LogP contribution in [0.2, 0.25) is 0 Å². The Kier molecular flexibility index (Phi) is 3.30. The Morgan fingerprint density at radius 2 is 2.06 bits per heavy atom. The zero-order valence-electron chi connectivity index (χ0n) is 10.5. The molecule has 1 aromatic heterocycles. The van der Waals surface area contributed by atoms with Crippen LogP contribution in [-0.2, 0) is 4.74 Å². The summed E-state index contributed by atoms with van der Waals surface area (Å²) in [6.07, 6.45) is 2.11. The Morgan fingerprint density at radius 3 is 2.65 bits per heavy atom. The van der Waals surface area contributed by atoms with Gasteiger partial charge in [0.05, 0.1) is 17.8 Å². The van der Waals surface area contributed by atoms with E-state index in [1.54, 1.807) is 6.20 Å².